The minimum Gasteiger partial charge on any atom is -0.357 e. The lowest BCUT2D eigenvalue weighted by Gasteiger charge is -2.12. The molecule has 0 aliphatic carbocycles. The molecule has 0 saturated carbocycles. The summed E-state index contributed by atoms with van der Waals surface area (Å²) in [5.74, 6) is 0.0185. The number of likely N-dealkylation sites (tertiary alicyclic amines) is 1. The number of fused-ring (bicyclic) bond motifs is 1. The molecule has 1 unspecified atom stereocenters. The topological polar surface area (TPSA) is 75.2 Å². The Morgan fingerprint density at radius 1 is 1.47 bits per heavy atom. The molecule has 1 saturated heterocycles. The number of amides is 2. The van der Waals surface area contributed by atoms with Crippen LogP contribution in [0, 0.1) is 0 Å². The molecule has 8 heteroatoms. The van der Waals surface area contributed by atoms with Crippen molar-refractivity contribution in [3.05, 3.63) is 16.7 Å². The summed E-state index contributed by atoms with van der Waals surface area (Å²) in [5.41, 5.74) is 0. The van der Waals surface area contributed by atoms with Crippen LogP contribution in [0.4, 0.5) is 5.82 Å². The third-order valence-corrected chi connectivity index (χ3v) is 3.97. The van der Waals surface area contributed by atoms with E-state index in [0.29, 0.717) is 5.82 Å². The molecule has 0 bridgehead atoms. The van der Waals surface area contributed by atoms with Crippen LogP contribution < -0.4 is 5.32 Å². The van der Waals surface area contributed by atoms with E-state index >= 15 is 0 Å². The molecular formula is C11H9ClN4O2S. The van der Waals surface area contributed by atoms with E-state index in [1.54, 1.807) is 0 Å². The van der Waals surface area contributed by atoms with Gasteiger partial charge in [0.1, 0.15) is 16.7 Å². The van der Waals surface area contributed by atoms with E-state index in [1.807, 2.05) is 11.4 Å². The zero-order valence-corrected chi connectivity index (χ0v) is 11.5. The molecule has 98 valence electrons. The van der Waals surface area contributed by atoms with Crippen molar-refractivity contribution in [2.75, 3.05) is 12.4 Å². The highest BCUT2D eigenvalue weighted by molar-refractivity contribution is 7.16. The van der Waals surface area contributed by atoms with Crippen LogP contribution in [0.2, 0.25) is 5.28 Å². The number of imide groups is 1. The smallest absolute Gasteiger partial charge is 0.251 e. The van der Waals surface area contributed by atoms with Crippen molar-refractivity contribution in [2.45, 2.75) is 12.5 Å². The van der Waals surface area contributed by atoms with Crippen LogP contribution in [0.3, 0.4) is 0 Å². The average molecular weight is 297 g/mol. The molecule has 2 aromatic heterocycles. The van der Waals surface area contributed by atoms with Crippen LogP contribution in [-0.4, -0.2) is 39.8 Å². The van der Waals surface area contributed by atoms with Gasteiger partial charge in [-0.25, -0.2) is 9.97 Å². The number of carbonyl (C=O) groups excluding carboxylic acids is 2. The molecule has 3 heterocycles. The van der Waals surface area contributed by atoms with Gasteiger partial charge in [0, 0.05) is 7.05 Å². The molecule has 1 atom stereocenters. The van der Waals surface area contributed by atoms with Crippen LogP contribution in [0.1, 0.15) is 6.42 Å². The summed E-state index contributed by atoms with van der Waals surface area (Å²) in [7, 11) is 1.47. The average Bonchev–Trinajstić information content (AvgIpc) is 2.91. The maximum absolute atomic E-state index is 11.8. The van der Waals surface area contributed by atoms with E-state index in [9.17, 15) is 9.59 Å². The molecule has 1 aliphatic heterocycles. The van der Waals surface area contributed by atoms with Gasteiger partial charge in [-0.3, -0.25) is 14.5 Å². The first-order valence-electron chi connectivity index (χ1n) is 5.54. The van der Waals surface area contributed by atoms with E-state index in [0.717, 1.165) is 15.1 Å². The maximum atomic E-state index is 11.8. The Labute approximate surface area is 117 Å². The van der Waals surface area contributed by atoms with E-state index in [1.165, 1.54) is 18.4 Å². The molecule has 19 heavy (non-hydrogen) atoms. The predicted octanol–water partition coefficient (Wildman–Crippen LogP) is 1.51. The van der Waals surface area contributed by atoms with Gasteiger partial charge in [-0.05, 0) is 23.0 Å². The number of hydrogen-bond donors (Lipinski definition) is 1. The lowest BCUT2D eigenvalue weighted by atomic mass is 10.2. The number of anilines is 1. The fourth-order valence-corrected chi connectivity index (χ4v) is 2.96. The standard InChI is InChI=1S/C11H9ClN4O2S/c1-16-7(17)4-6(10(16)18)13-8-5-2-3-19-9(5)15-11(12)14-8/h2-3,6H,4H2,1H3,(H,13,14,15). The van der Waals surface area contributed by atoms with Gasteiger partial charge in [-0.2, -0.15) is 0 Å². The van der Waals surface area contributed by atoms with Gasteiger partial charge >= 0.3 is 0 Å². The summed E-state index contributed by atoms with van der Waals surface area (Å²) in [6.07, 6.45) is 0.128. The zero-order valence-electron chi connectivity index (χ0n) is 9.88. The van der Waals surface area contributed by atoms with Crippen molar-refractivity contribution in [1.29, 1.82) is 0 Å². The lowest BCUT2D eigenvalue weighted by Crippen LogP contribution is -2.32. The fourth-order valence-electron chi connectivity index (χ4n) is 1.97. The molecule has 0 aromatic carbocycles. The van der Waals surface area contributed by atoms with Gasteiger partial charge in [-0.15, -0.1) is 11.3 Å². The predicted molar refractivity (Wildman–Crippen MR) is 72.2 cm³/mol. The minimum absolute atomic E-state index is 0.113. The van der Waals surface area contributed by atoms with Crippen LogP contribution in [0.25, 0.3) is 10.2 Å². The van der Waals surface area contributed by atoms with Crippen LogP contribution in [-0.2, 0) is 9.59 Å². The van der Waals surface area contributed by atoms with Crippen LogP contribution in [0.5, 0.6) is 0 Å². The number of likely N-dealkylation sites (N-methyl/N-ethyl adjacent to an activating group) is 1. The van der Waals surface area contributed by atoms with Crippen LogP contribution >= 0.6 is 22.9 Å². The number of thiophene rings is 1. The maximum Gasteiger partial charge on any atom is 0.251 e. The van der Waals surface area contributed by atoms with Crippen molar-refractivity contribution in [1.82, 2.24) is 14.9 Å². The minimum atomic E-state index is -0.591. The molecule has 1 N–H and O–H groups in total. The summed E-state index contributed by atoms with van der Waals surface area (Å²) in [6.45, 7) is 0. The van der Waals surface area contributed by atoms with E-state index in [2.05, 4.69) is 15.3 Å². The summed E-state index contributed by atoms with van der Waals surface area (Å²) >= 11 is 7.28. The number of nitrogens with one attached hydrogen (secondary N) is 1. The second-order valence-electron chi connectivity index (χ2n) is 4.17. The lowest BCUT2D eigenvalue weighted by molar-refractivity contribution is -0.136. The highest BCUT2D eigenvalue weighted by Gasteiger charge is 2.36. The summed E-state index contributed by atoms with van der Waals surface area (Å²) in [6, 6.07) is 1.26. The fraction of sp³-hybridized carbons (Fsp3) is 0.273. The Balaban J connectivity index is 1.96. The van der Waals surface area contributed by atoms with Crippen molar-refractivity contribution in [3.63, 3.8) is 0 Å². The van der Waals surface area contributed by atoms with Gasteiger partial charge in [0.15, 0.2) is 0 Å². The molecule has 2 aromatic rings. The van der Waals surface area contributed by atoms with Crippen molar-refractivity contribution < 1.29 is 9.59 Å². The molecular weight excluding hydrogens is 288 g/mol. The molecule has 3 rings (SSSR count). The molecule has 0 spiro atoms. The first kappa shape index (κ1) is 12.3. The number of carbonyl (C=O) groups is 2. The quantitative estimate of drug-likeness (QED) is 0.671. The van der Waals surface area contributed by atoms with E-state index in [-0.39, 0.29) is 23.5 Å². The number of nitrogens with zero attached hydrogens (tertiary/aromatic N) is 3. The van der Waals surface area contributed by atoms with Crippen LogP contribution in [0.15, 0.2) is 11.4 Å². The number of rotatable bonds is 2. The van der Waals surface area contributed by atoms with Gasteiger partial charge in [-0.1, -0.05) is 0 Å². The Kier molecular flexibility index (Phi) is 2.87. The second-order valence-corrected chi connectivity index (χ2v) is 5.41. The van der Waals surface area contributed by atoms with E-state index in [4.69, 9.17) is 11.6 Å². The Bertz CT molecular complexity index is 686. The monoisotopic (exact) mass is 296 g/mol. The SMILES string of the molecule is CN1C(=O)CC(Nc2nc(Cl)nc3sccc23)C1=O. The molecule has 0 radical (unpaired) electrons. The molecule has 6 nitrogen and oxygen atoms in total. The van der Waals surface area contributed by atoms with Crippen molar-refractivity contribution >= 4 is 50.8 Å². The van der Waals surface area contributed by atoms with Gasteiger partial charge in [0.2, 0.25) is 11.2 Å². The number of hydrogen-bond acceptors (Lipinski definition) is 6. The number of halogens is 1. The van der Waals surface area contributed by atoms with Crippen molar-refractivity contribution in [2.24, 2.45) is 0 Å². The Morgan fingerprint density at radius 3 is 2.95 bits per heavy atom. The third-order valence-electron chi connectivity index (χ3n) is 2.99. The number of aromatic nitrogens is 2. The molecule has 1 fully saturated rings. The van der Waals surface area contributed by atoms with Crippen molar-refractivity contribution in [3.8, 4) is 0 Å². The van der Waals surface area contributed by atoms with Gasteiger partial charge < -0.3 is 5.32 Å². The second kappa shape index (κ2) is 4.43. The van der Waals surface area contributed by atoms with Gasteiger partial charge in [0.25, 0.3) is 5.91 Å². The summed E-state index contributed by atoms with van der Waals surface area (Å²) in [5, 5.41) is 5.76. The Morgan fingerprint density at radius 2 is 2.26 bits per heavy atom. The summed E-state index contributed by atoms with van der Waals surface area (Å²) < 4.78 is 0. The largest absolute Gasteiger partial charge is 0.357 e. The Hall–Kier alpha value is -1.73. The highest BCUT2D eigenvalue weighted by Crippen LogP contribution is 2.28. The normalized spacial score (nSPS) is 19.5. The van der Waals surface area contributed by atoms with Gasteiger partial charge in [0.05, 0.1) is 11.8 Å². The third kappa shape index (κ3) is 2.04. The highest BCUT2D eigenvalue weighted by atomic mass is 35.5. The summed E-state index contributed by atoms with van der Waals surface area (Å²) in [4.78, 5) is 33.4. The molecule has 2 amide bonds. The first-order valence-corrected chi connectivity index (χ1v) is 6.79. The first-order chi connectivity index (χ1) is 9.06. The molecule has 1 aliphatic rings. The zero-order chi connectivity index (χ0) is 13.6. The van der Waals surface area contributed by atoms with E-state index < -0.39 is 6.04 Å².